The number of carbonyl (C=O) groups excluding carboxylic acids is 1. The van der Waals surface area contributed by atoms with E-state index in [1.54, 1.807) is 22.0 Å². The van der Waals surface area contributed by atoms with Crippen LogP contribution in [0.5, 0.6) is 0 Å². The Balaban J connectivity index is 1.91. The number of imidazole rings is 1. The van der Waals surface area contributed by atoms with Crippen LogP contribution in [0.1, 0.15) is 18.7 Å². The zero-order chi connectivity index (χ0) is 13.8. The van der Waals surface area contributed by atoms with Gasteiger partial charge in [-0.3, -0.25) is 9.69 Å². The number of likely N-dealkylation sites (N-methyl/N-ethyl adjacent to an activating group) is 1. The number of nitrogens with one attached hydrogen (secondary N) is 1. The number of aliphatic hydroxyl groups is 1. The van der Waals surface area contributed by atoms with Crippen LogP contribution in [0.4, 0.5) is 0 Å². The molecule has 0 fully saturated rings. The molecule has 2 rings (SSSR count). The minimum Gasteiger partial charge on any atom is -0.395 e. The van der Waals surface area contributed by atoms with Gasteiger partial charge in [-0.05, 0) is 14.0 Å². The SMILES string of the molecule is C[C@@H](NC(=O)CN(C)CCO)c1cn2ncsc2n1. The van der Waals surface area contributed by atoms with E-state index in [0.29, 0.717) is 6.54 Å². The standard InChI is InChI=1S/C11H17N5O2S/c1-8(13-10(18)6-15(2)3-4-17)9-5-16-11(14-9)19-7-12-16/h5,7-8,17H,3-4,6H2,1-2H3,(H,13,18)/t8-/m1/s1. The molecule has 104 valence electrons. The van der Waals surface area contributed by atoms with Crippen LogP contribution in [0.15, 0.2) is 11.7 Å². The molecular formula is C11H17N5O2S. The largest absolute Gasteiger partial charge is 0.395 e. The second-order valence-corrected chi connectivity index (χ2v) is 5.19. The number of rotatable bonds is 6. The number of nitrogens with zero attached hydrogens (tertiary/aromatic N) is 4. The van der Waals surface area contributed by atoms with Gasteiger partial charge in [0, 0.05) is 6.54 Å². The molecule has 2 aromatic heterocycles. The highest BCUT2D eigenvalue weighted by atomic mass is 32.1. The molecule has 8 heteroatoms. The molecule has 0 aromatic carbocycles. The maximum absolute atomic E-state index is 11.8. The average molecular weight is 283 g/mol. The summed E-state index contributed by atoms with van der Waals surface area (Å²) in [6, 6.07) is -0.163. The summed E-state index contributed by atoms with van der Waals surface area (Å²) in [6.45, 7) is 2.66. The van der Waals surface area contributed by atoms with Crippen LogP contribution in [-0.2, 0) is 4.79 Å². The summed E-state index contributed by atoms with van der Waals surface area (Å²) in [5, 5.41) is 15.7. The van der Waals surface area contributed by atoms with E-state index in [9.17, 15) is 4.79 Å². The van der Waals surface area contributed by atoms with Crippen molar-refractivity contribution >= 4 is 22.2 Å². The van der Waals surface area contributed by atoms with Crippen molar-refractivity contribution in [1.29, 1.82) is 0 Å². The van der Waals surface area contributed by atoms with Gasteiger partial charge in [-0.1, -0.05) is 11.3 Å². The van der Waals surface area contributed by atoms with E-state index in [4.69, 9.17) is 5.11 Å². The van der Waals surface area contributed by atoms with Crippen molar-refractivity contribution in [3.05, 3.63) is 17.4 Å². The summed E-state index contributed by atoms with van der Waals surface area (Å²) in [7, 11) is 1.79. The normalized spacial score (nSPS) is 13.1. The summed E-state index contributed by atoms with van der Waals surface area (Å²) in [6.07, 6.45) is 1.81. The molecule has 0 bridgehead atoms. The van der Waals surface area contributed by atoms with Gasteiger partial charge >= 0.3 is 0 Å². The number of fused-ring (bicyclic) bond motifs is 1. The van der Waals surface area contributed by atoms with Crippen LogP contribution in [0.25, 0.3) is 4.96 Å². The fourth-order valence-electron chi connectivity index (χ4n) is 1.72. The van der Waals surface area contributed by atoms with Gasteiger partial charge in [-0.2, -0.15) is 5.10 Å². The van der Waals surface area contributed by atoms with Gasteiger partial charge < -0.3 is 10.4 Å². The molecule has 2 heterocycles. The van der Waals surface area contributed by atoms with E-state index in [-0.39, 0.29) is 25.1 Å². The predicted molar refractivity (Wildman–Crippen MR) is 72.0 cm³/mol. The number of hydrogen-bond donors (Lipinski definition) is 2. The zero-order valence-corrected chi connectivity index (χ0v) is 11.7. The second-order valence-electron chi connectivity index (χ2n) is 4.38. The number of aromatic nitrogens is 3. The average Bonchev–Trinajstić information content (AvgIpc) is 2.88. The van der Waals surface area contributed by atoms with Crippen LogP contribution in [0.2, 0.25) is 0 Å². The molecule has 0 aliphatic heterocycles. The molecule has 19 heavy (non-hydrogen) atoms. The summed E-state index contributed by atoms with van der Waals surface area (Å²) >= 11 is 1.45. The lowest BCUT2D eigenvalue weighted by atomic mass is 10.2. The molecule has 2 N–H and O–H groups in total. The third-order valence-electron chi connectivity index (χ3n) is 2.72. The first-order valence-corrected chi connectivity index (χ1v) is 6.85. The highest BCUT2D eigenvalue weighted by Crippen LogP contribution is 2.14. The van der Waals surface area contributed by atoms with Gasteiger partial charge in [0.2, 0.25) is 10.9 Å². The van der Waals surface area contributed by atoms with Crippen LogP contribution in [0.3, 0.4) is 0 Å². The Hall–Kier alpha value is -1.51. The van der Waals surface area contributed by atoms with Crippen molar-refractivity contribution in [3.8, 4) is 0 Å². The zero-order valence-electron chi connectivity index (χ0n) is 10.9. The number of amides is 1. The number of hydrogen-bond acceptors (Lipinski definition) is 6. The minimum atomic E-state index is -0.163. The van der Waals surface area contributed by atoms with Gasteiger partial charge in [-0.25, -0.2) is 9.50 Å². The molecule has 0 unspecified atom stereocenters. The molecule has 1 atom stereocenters. The highest BCUT2D eigenvalue weighted by molar-refractivity contribution is 7.14. The van der Waals surface area contributed by atoms with Gasteiger partial charge in [-0.15, -0.1) is 0 Å². The monoisotopic (exact) mass is 283 g/mol. The molecule has 0 spiro atoms. The smallest absolute Gasteiger partial charge is 0.234 e. The van der Waals surface area contributed by atoms with Crippen molar-refractivity contribution in [2.24, 2.45) is 0 Å². The Bertz CT molecular complexity index is 524. The first-order valence-electron chi connectivity index (χ1n) is 5.97. The van der Waals surface area contributed by atoms with E-state index in [2.05, 4.69) is 15.4 Å². The van der Waals surface area contributed by atoms with E-state index >= 15 is 0 Å². The van der Waals surface area contributed by atoms with Crippen molar-refractivity contribution in [2.45, 2.75) is 13.0 Å². The lowest BCUT2D eigenvalue weighted by Crippen LogP contribution is -2.37. The summed E-state index contributed by atoms with van der Waals surface area (Å²) < 4.78 is 1.69. The molecular weight excluding hydrogens is 266 g/mol. The molecule has 0 saturated carbocycles. The maximum Gasteiger partial charge on any atom is 0.234 e. The first-order chi connectivity index (χ1) is 9.10. The lowest BCUT2D eigenvalue weighted by molar-refractivity contribution is -0.122. The Morgan fingerprint density at radius 1 is 1.68 bits per heavy atom. The molecule has 0 aliphatic carbocycles. The fourth-order valence-corrected chi connectivity index (χ4v) is 2.33. The Morgan fingerprint density at radius 3 is 3.16 bits per heavy atom. The van der Waals surface area contributed by atoms with Crippen molar-refractivity contribution in [2.75, 3.05) is 26.7 Å². The van der Waals surface area contributed by atoms with E-state index in [1.807, 2.05) is 13.1 Å². The molecule has 1 amide bonds. The van der Waals surface area contributed by atoms with Crippen LogP contribution < -0.4 is 5.32 Å². The molecule has 2 aromatic rings. The van der Waals surface area contributed by atoms with E-state index < -0.39 is 0 Å². The fraction of sp³-hybridized carbons (Fsp3) is 0.545. The van der Waals surface area contributed by atoms with Gasteiger partial charge in [0.1, 0.15) is 5.51 Å². The van der Waals surface area contributed by atoms with Gasteiger partial charge in [0.15, 0.2) is 0 Å². The number of carbonyl (C=O) groups is 1. The first kappa shape index (κ1) is 13.9. The quantitative estimate of drug-likeness (QED) is 0.773. The molecule has 0 saturated heterocycles. The van der Waals surface area contributed by atoms with Crippen molar-refractivity contribution in [3.63, 3.8) is 0 Å². The maximum atomic E-state index is 11.8. The third-order valence-corrected chi connectivity index (χ3v) is 3.41. The van der Waals surface area contributed by atoms with Crippen molar-refractivity contribution < 1.29 is 9.90 Å². The molecule has 0 radical (unpaired) electrons. The third kappa shape index (κ3) is 3.49. The topological polar surface area (TPSA) is 82.8 Å². The van der Waals surface area contributed by atoms with Gasteiger partial charge in [0.25, 0.3) is 0 Å². The molecule has 7 nitrogen and oxygen atoms in total. The summed E-state index contributed by atoms with van der Waals surface area (Å²) in [5.74, 6) is -0.0900. The van der Waals surface area contributed by atoms with Crippen LogP contribution in [-0.4, -0.2) is 57.3 Å². The highest BCUT2D eigenvalue weighted by Gasteiger charge is 2.14. The summed E-state index contributed by atoms with van der Waals surface area (Å²) in [5.41, 5.74) is 2.51. The van der Waals surface area contributed by atoms with E-state index in [0.717, 1.165) is 10.7 Å². The van der Waals surface area contributed by atoms with Crippen LogP contribution >= 0.6 is 11.3 Å². The summed E-state index contributed by atoms with van der Waals surface area (Å²) in [4.78, 5) is 18.7. The Labute approximate surface area is 114 Å². The van der Waals surface area contributed by atoms with Crippen LogP contribution in [0, 0.1) is 0 Å². The van der Waals surface area contributed by atoms with Gasteiger partial charge in [0.05, 0.1) is 31.1 Å². The predicted octanol–water partition coefficient (Wildman–Crippen LogP) is -0.108. The number of aliphatic hydroxyl groups excluding tert-OH is 1. The lowest BCUT2D eigenvalue weighted by Gasteiger charge is -2.17. The minimum absolute atomic E-state index is 0.0440. The second kappa shape index (κ2) is 6.09. The van der Waals surface area contributed by atoms with E-state index in [1.165, 1.54) is 11.3 Å². The Morgan fingerprint density at radius 2 is 2.47 bits per heavy atom. The Kier molecular flexibility index (Phi) is 4.46. The molecule has 0 aliphatic rings. The van der Waals surface area contributed by atoms with Crippen molar-refractivity contribution in [1.82, 2.24) is 24.8 Å².